The molecule has 2 aromatic heterocycles. The van der Waals surface area contributed by atoms with Crippen LogP contribution in [0.4, 0.5) is 4.39 Å². The van der Waals surface area contributed by atoms with Crippen molar-refractivity contribution in [3.63, 3.8) is 0 Å². The Labute approximate surface area is 169 Å². The maximum Gasteiger partial charge on any atom is 0.215 e. The zero-order chi connectivity index (χ0) is 20.3. The lowest BCUT2D eigenvalue weighted by molar-refractivity contribution is 0.537. The highest BCUT2D eigenvalue weighted by Gasteiger charge is 2.22. The molecule has 0 aliphatic heterocycles. The van der Waals surface area contributed by atoms with Gasteiger partial charge in [0, 0.05) is 41.3 Å². The predicted octanol–water partition coefficient (Wildman–Crippen LogP) is 3.08. The highest BCUT2D eigenvalue weighted by Crippen LogP contribution is 2.30. The summed E-state index contributed by atoms with van der Waals surface area (Å²) >= 11 is 0. The van der Waals surface area contributed by atoms with Crippen molar-refractivity contribution in [2.45, 2.75) is 38.0 Å². The van der Waals surface area contributed by atoms with Gasteiger partial charge in [-0.2, -0.15) is 5.10 Å². The number of benzene rings is 1. The van der Waals surface area contributed by atoms with Gasteiger partial charge in [-0.1, -0.05) is 18.2 Å². The van der Waals surface area contributed by atoms with Crippen LogP contribution in [0.2, 0.25) is 0 Å². The minimum absolute atomic E-state index is 0.163. The van der Waals surface area contributed by atoms with Crippen LogP contribution < -0.4 is 4.72 Å². The number of nitrogens with one attached hydrogen (secondary N) is 1. The summed E-state index contributed by atoms with van der Waals surface area (Å²) in [7, 11) is -3.63. The van der Waals surface area contributed by atoms with Crippen LogP contribution in [0, 0.1) is 5.82 Å². The van der Waals surface area contributed by atoms with Crippen molar-refractivity contribution in [1.82, 2.24) is 19.5 Å². The molecule has 3 aromatic rings. The summed E-state index contributed by atoms with van der Waals surface area (Å²) in [4.78, 5) is 4.07. The first-order valence-electron chi connectivity index (χ1n) is 9.73. The van der Waals surface area contributed by atoms with Gasteiger partial charge in [-0.25, -0.2) is 17.5 Å². The Bertz CT molecular complexity index is 1100. The Morgan fingerprint density at radius 1 is 1.07 bits per heavy atom. The molecule has 0 radical (unpaired) electrons. The molecular formula is C21H23FN4O2S. The van der Waals surface area contributed by atoms with E-state index in [4.69, 9.17) is 5.10 Å². The maximum absolute atomic E-state index is 13.7. The maximum atomic E-state index is 13.7. The molecule has 1 aliphatic rings. The molecule has 1 aromatic carbocycles. The van der Waals surface area contributed by atoms with Gasteiger partial charge in [-0.15, -0.1) is 0 Å². The minimum atomic E-state index is -3.63. The van der Waals surface area contributed by atoms with Crippen LogP contribution in [-0.4, -0.2) is 29.7 Å². The van der Waals surface area contributed by atoms with E-state index < -0.39 is 15.8 Å². The van der Waals surface area contributed by atoms with Gasteiger partial charge in [0.05, 0.1) is 18.0 Å². The van der Waals surface area contributed by atoms with Crippen molar-refractivity contribution in [2.75, 3.05) is 6.54 Å². The van der Waals surface area contributed by atoms with Gasteiger partial charge in [0.2, 0.25) is 10.0 Å². The van der Waals surface area contributed by atoms with Crippen LogP contribution in [0.5, 0.6) is 0 Å². The zero-order valence-corrected chi connectivity index (χ0v) is 16.8. The second-order valence-electron chi connectivity index (χ2n) is 7.18. The van der Waals surface area contributed by atoms with Crippen molar-refractivity contribution in [3.8, 4) is 11.3 Å². The number of fused-ring (bicyclic) bond motifs is 1. The second kappa shape index (κ2) is 8.42. The topological polar surface area (TPSA) is 76.9 Å². The number of hydrogen-bond donors (Lipinski definition) is 1. The number of nitrogens with zero attached hydrogens (tertiary/aromatic N) is 3. The van der Waals surface area contributed by atoms with Crippen molar-refractivity contribution >= 4 is 10.0 Å². The molecule has 1 N–H and O–H groups in total. The summed E-state index contributed by atoms with van der Waals surface area (Å²) in [6, 6.07) is 9.81. The molecule has 4 rings (SSSR count). The summed E-state index contributed by atoms with van der Waals surface area (Å²) in [6.45, 7) is 0.643. The standard InChI is InChI=1S/C21H23FN4O2S/c22-19-7-3-1-5-17(19)15-29(27,28)24-13-14-26-20-8-4-2-6-18(20)21(25-26)16-9-11-23-12-10-16/h1,3,5,7,9-12,24H,2,4,6,8,13-15H2. The van der Waals surface area contributed by atoms with E-state index in [1.807, 2.05) is 16.8 Å². The van der Waals surface area contributed by atoms with E-state index in [0.717, 1.165) is 36.9 Å². The van der Waals surface area contributed by atoms with E-state index in [2.05, 4.69) is 9.71 Å². The molecule has 0 unspecified atom stereocenters. The minimum Gasteiger partial charge on any atom is -0.267 e. The lowest BCUT2D eigenvalue weighted by Crippen LogP contribution is -2.29. The van der Waals surface area contributed by atoms with Crippen LogP contribution in [0.25, 0.3) is 11.3 Å². The first-order chi connectivity index (χ1) is 14.0. The fraction of sp³-hybridized carbons (Fsp3) is 0.333. The van der Waals surface area contributed by atoms with Gasteiger partial charge in [-0.05, 0) is 43.9 Å². The summed E-state index contributed by atoms with van der Waals surface area (Å²) < 4.78 is 42.9. The summed E-state index contributed by atoms with van der Waals surface area (Å²) in [5.41, 5.74) is 4.57. The molecular weight excluding hydrogens is 391 g/mol. The Morgan fingerprint density at radius 3 is 2.62 bits per heavy atom. The molecule has 152 valence electrons. The molecule has 0 amide bonds. The summed E-state index contributed by atoms with van der Waals surface area (Å²) in [5.74, 6) is -0.889. The first-order valence-corrected chi connectivity index (χ1v) is 11.4. The Hall–Kier alpha value is -2.58. The highest BCUT2D eigenvalue weighted by atomic mass is 32.2. The summed E-state index contributed by atoms with van der Waals surface area (Å²) in [6.07, 6.45) is 7.65. The summed E-state index contributed by atoms with van der Waals surface area (Å²) in [5, 5.41) is 4.77. The average Bonchev–Trinajstić information content (AvgIpc) is 3.09. The number of pyridine rings is 1. The third kappa shape index (κ3) is 4.54. The molecule has 1 aliphatic carbocycles. The van der Waals surface area contributed by atoms with Gasteiger partial charge in [0.15, 0.2) is 0 Å². The average molecular weight is 415 g/mol. The highest BCUT2D eigenvalue weighted by molar-refractivity contribution is 7.88. The molecule has 2 heterocycles. The third-order valence-electron chi connectivity index (χ3n) is 5.16. The molecule has 0 bridgehead atoms. The first kappa shape index (κ1) is 19.7. The van der Waals surface area contributed by atoms with Crippen LogP contribution >= 0.6 is 0 Å². The van der Waals surface area contributed by atoms with Crippen molar-refractivity contribution in [2.24, 2.45) is 0 Å². The normalized spacial score (nSPS) is 14.0. The molecule has 0 spiro atoms. The lowest BCUT2D eigenvalue weighted by atomic mass is 9.94. The SMILES string of the molecule is O=S(=O)(Cc1ccccc1F)NCCn1nc(-c2ccncc2)c2c1CCCC2. The number of aromatic nitrogens is 3. The smallest absolute Gasteiger partial charge is 0.215 e. The van der Waals surface area contributed by atoms with Crippen LogP contribution in [0.1, 0.15) is 29.7 Å². The molecule has 6 nitrogen and oxygen atoms in total. The number of halogens is 1. The monoisotopic (exact) mass is 414 g/mol. The molecule has 0 fully saturated rings. The molecule has 0 saturated carbocycles. The predicted molar refractivity (Wildman–Crippen MR) is 109 cm³/mol. The Balaban J connectivity index is 1.47. The second-order valence-corrected chi connectivity index (χ2v) is 8.99. The van der Waals surface area contributed by atoms with Crippen molar-refractivity contribution in [3.05, 3.63) is 71.4 Å². The quantitative estimate of drug-likeness (QED) is 0.645. The Morgan fingerprint density at radius 2 is 1.83 bits per heavy atom. The van der Waals surface area contributed by atoms with Gasteiger partial charge in [0.1, 0.15) is 5.82 Å². The van der Waals surface area contributed by atoms with Gasteiger partial charge < -0.3 is 0 Å². The van der Waals surface area contributed by atoms with Gasteiger partial charge in [0.25, 0.3) is 0 Å². The zero-order valence-electron chi connectivity index (χ0n) is 16.0. The van der Waals surface area contributed by atoms with E-state index >= 15 is 0 Å². The van der Waals surface area contributed by atoms with Gasteiger partial charge >= 0.3 is 0 Å². The number of rotatable bonds is 7. The fourth-order valence-corrected chi connectivity index (χ4v) is 4.92. The van der Waals surface area contributed by atoms with Crippen molar-refractivity contribution in [1.29, 1.82) is 0 Å². The van der Waals surface area contributed by atoms with Crippen LogP contribution in [0.15, 0.2) is 48.8 Å². The largest absolute Gasteiger partial charge is 0.267 e. The number of sulfonamides is 1. The molecule has 8 heteroatoms. The van der Waals surface area contributed by atoms with E-state index in [0.29, 0.717) is 6.54 Å². The number of hydrogen-bond acceptors (Lipinski definition) is 4. The van der Waals surface area contributed by atoms with E-state index in [-0.39, 0.29) is 17.9 Å². The van der Waals surface area contributed by atoms with Crippen LogP contribution in [-0.2, 0) is 35.2 Å². The van der Waals surface area contributed by atoms with E-state index in [9.17, 15) is 12.8 Å². The third-order valence-corrected chi connectivity index (χ3v) is 6.49. The molecule has 29 heavy (non-hydrogen) atoms. The van der Waals surface area contributed by atoms with E-state index in [1.165, 1.54) is 23.4 Å². The molecule has 0 saturated heterocycles. The van der Waals surface area contributed by atoms with Crippen molar-refractivity contribution < 1.29 is 12.8 Å². The lowest BCUT2D eigenvalue weighted by Gasteiger charge is -2.14. The van der Waals surface area contributed by atoms with E-state index in [1.54, 1.807) is 24.5 Å². The fourth-order valence-electron chi connectivity index (χ4n) is 3.78. The Kier molecular flexibility index (Phi) is 5.73. The molecule has 0 atom stereocenters. The van der Waals surface area contributed by atoms with Gasteiger partial charge in [-0.3, -0.25) is 9.67 Å². The van der Waals surface area contributed by atoms with Crippen LogP contribution in [0.3, 0.4) is 0 Å².